The number of sulfone groups is 1. The van der Waals surface area contributed by atoms with Crippen molar-refractivity contribution in [1.82, 2.24) is 10.6 Å². The van der Waals surface area contributed by atoms with Gasteiger partial charge in [-0.3, -0.25) is 9.59 Å². The van der Waals surface area contributed by atoms with E-state index in [9.17, 15) is 18.0 Å². The molecule has 0 bridgehead atoms. The zero-order valence-electron chi connectivity index (χ0n) is 16.4. The number of carbonyl (C=O) groups excluding carboxylic acids is 2. The van der Waals surface area contributed by atoms with Gasteiger partial charge in [0, 0.05) is 22.6 Å². The van der Waals surface area contributed by atoms with Gasteiger partial charge < -0.3 is 10.6 Å². The molecule has 0 radical (unpaired) electrons. The van der Waals surface area contributed by atoms with Crippen LogP contribution in [-0.2, 0) is 26.9 Å². The van der Waals surface area contributed by atoms with Crippen molar-refractivity contribution in [3.63, 3.8) is 0 Å². The van der Waals surface area contributed by atoms with Crippen molar-refractivity contribution in [3.05, 3.63) is 69.7 Å². The Morgan fingerprint density at radius 1 is 1.07 bits per heavy atom. The molecule has 0 aliphatic heterocycles. The average Bonchev–Trinajstić information content (AvgIpc) is 2.67. The van der Waals surface area contributed by atoms with E-state index < -0.39 is 21.5 Å². The second-order valence-electron chi connectivity index (χ2n) is 6.92. The summed E-state index contributed by atoms with van der Waals surface area (Å²) in [6.07, 6.45) is 0.830. The molecule has 1 atom stereocenters. The Bertz CT molecular complexity index is 959. The molecule has 2 aromatic carbocycles. The lowest BCUT2D eigenvalue weighted by molar-refractivity contribution is -0.118. The molecule has 6 nitrogen and oxygen atoms in total. The summed E-state index contributed by atoms with van der Waals surface area (Å²) in [5.41, 5.74) is 1.85. The summed E-state index contributed by atoms with van der Waals surface area (Å²) in [6.45, 7) is 4.06. The molecule has 2 aromatic rings. The predicted molar refractivity (Wildman–Crippen MR) is 117 cm³/mol. The SMILES string of the molecule is CCC(C)NC(=O)c1cccc(CNC(=O)CS(=O)(=O)Cc2ccc(Br)cc2)c1. The van der Waals surface area contributed by atoms with Crippen molar-refractivity contribution >= 4 is 37.6 Å². The second kappa shape index (κ2) is 10.5. The number of amides is 2. The van der Waals surface area contributed by atoms with Crippen LogP contribution in [0.3, 0.4) is 0 Å². The number of hydrogen-bond donors (Lipinski definition) is 2. The highest BCUT2D eigenvalue weighted by Crippen LogP contribution is 2.13. The fourth-order valence-electron chi connectivity index (χ4n) is 2.57. The molecule has 2 rings (SSSR count). The first-order valence-corrected chi connectivity index (χ1v) is 11.9. The summed E-state index contributed by atoms with van der Waals surface area (Å²) in [7, 11) is -3.58. The highest BCUT2D eigenvalue weighted by atomic mass is 79.9. The van der Waals surface area contributed by atoms with Gasteiger partial charge in [0.2, 0.25) is 5.91 Å². The minimum atomic E-state index is -3.58. The Labute approximate surface area is 180 Å². The van der Waals surface area contributed by atoms with E-state index in [2.05, 4.69) is 26.6 Å². The molecule has 0 fully saturated rings. The van der Waals surface area contributed by atoms with E-state index in [0.717, 1.165) is 16.5 Å². The monoisotopic (exact) mass is 480 g/mol. The number of rotatable bonds is 9. The van der Waals surface area contributed by atoms with Crippen LogP contribution in [-0.4, -0.2) is 32.0 Å². The van der Waals surface area contributed by atoms with Crippen molar-refractivity contribution in [2.45, 2.75) is 38.6 Å². The smallest absolute Gasteiger partial charge is 0.251 e. The first kappa shape index (κ1) is 23.1. The molecule has 0 aliphatic rings. The molecule has 0 saturated heterocycles. The van der Waals surface area contributed by atoms with Crippen molar-refractivity contribution in [1.29, 1.82) is 0 Å². The largest absolute Gasteiger partial charge is 0.351 e. The standard InChI is InChI=1S/C21H25BrN2O4S/c1-3-15(2)24-21(26)18-6-4-5-17(11-18)12-23-20(25)14-29(27,28)13-16-7-9-19(22)10-8-16/h4-11,15H,3,12-14H2,1-2H3,(H,23,25)(H,24,26). The Balaban J connectivity index is 1.90. The van der Waals surface area contributed by atoms with Gasteiger partial charge in [0.05, 0.1) is 5.75 Å². The highest BCUT2D eigenvalue weighted by Gasteiger charge is 2.17. The van der Waals surface area contributed by atoms with Crippen LogP contribution >= 0.6 is 15.9 Å². The maximum Gasteiger partial charge on any atom is 0.251 e. The summed E-state index contributed by atoms with van der Waals surface area (Å²) in [5, 5.41) is 5.50. The number of halogens is 1. The maximum absolute atomic E-state index is 12.3. The van der Waals surface area contributed by atoms with Gasteiger partial charge in [-0.05, 0) is 48.7 Å². The first-order chi connectivity index (χ1) is 13.7. The Kier molecular flexibility index (Phi) is 8.40. The van der Waals surface area contributed by atoms with Crippen LogP contribution in [0.1, 0.15) is 41.8 Å². The maximum atomic E-state index is 12.3. The van der Waals surface area contributed by atoms with Gasteiger partial charge in [-0.1, -0.05) is 47.1 Å². The van der Waals surface area contributed by atoms with Gasteiger partial charge in [0.25, 0.3) is 5.91 Å². The van der Waals surface area contributed by atoms with Crippen LogP contribution in [0.5, 0.6) is 0 Å². The quantitative estimate of drug-likeness (QED) is 0.576. The van der Waals surface area contributed by atoms with Crippen molar-refractivity contribution in [3.8, 4) is 0 Å². The summed E-state index contributed by atoms with van der Waals surface area (Å²) in [5.74, 6) is -1.53. The van der Waals surface area contributed by atoms with Crippen LogP contribution < -0.4 is 10.6 Å². The zero-order valence-corrected chi connectivity index (χ0v) is 18.8. The topological polar surface area (TPSA) is 92.3 Å². The lowest BCUT2D eigenvalue weighted by Gasteiger charge is -2.12. The molecular weight excluding hydrogens is 456 g/mol. The van der Waals surface area contributed by atoms with Gasteiger partial charge in [0.15, 0.2) is 9.84 Å². The molecule has 1 unspecified atom stereocenters. The van der Waals surface area contributed by atoms with Crippen LogP contribution in [0.15, 0.2) is 53.0 Å². The van der Waals surface area contributed by atoms with Gasteiger partial charge in [-0.25, -0.2) is 8.42 Å². The molecule has 0 saturated carbocycles. The highest BCUT2D eigenvalue weighted by molar-refractivity contribution is 9.10. The van der Waals surface area contributed by atoms with Gasteiger partial charge in [-0.2, -0.15) is 0 Å². The van der Waals surface area contributed by atoms with E-state index in [0.29, 0.717) is 11.1 Å². The Hall–Kier alpha value is -2.19. The van der Waals surface area contributed by atoms with E-state index in [1.807, 2.05) is 13.8 Å². The molecule has 0 aliphatic carbocycles. The third-order valence-corrected chi connectivity index (χ3v) is 6.32. The molecular formula is C21H25BrN2O4S. The number of benzene rings is 2. The van der Waals surface area contributed by atoms with E-state index in [-0.39, 0.29) is 24.2 Å². The minimum absolute atomic E-state index is 0.0711. The summed E-state index contributed by atoms with van der Waals surface area (Å²) in [4.78, 5) is 24.3. The molecule has 156 valence electrons. The summed E-state index contributed by atoms with van der Waals surface area (Å²) < 4.78 is 25.4. The van der Waals surface area contributed by atoms with Gasteiger partial charge in [0.1, 0.15) is 5.75 Å². The summed E-state index contributed by atoms with van der Waals surface area (Å²) >= 11 is 3.30. The third-order valence-electron chi connectivity index (χ3n) is 4.32. The number of carbonyl (C=O) groups is 2. The molecule has 29 heavy (non-hydrogen) atoms. The fraction of sp³-hybridized carbons (Fsp3) is 0.333. The average molecular weight is 481 g/mol. The van der Waals surface area contributed by atoms with Gasteiger partial charge >= 0.3 is 0 Å². The Morgan fingerprint density at radius 3 is 2.41 bits per heavy atom. The van der Waals surface area contributed by atoms with Crippen LogP contribution in [0.2, 0.25) is 0 Å². The predicted octanol–water partition coefficient (Wildman–Crippen LogP) is 3.21. The Morgan fingerprint density at radius 2 is 1.76 bits per heavy atom. The summed E-state index contributed by atoms with van der Waals surface area (Å²) in [6, 6.07) is 13.9. The number of hydrogen-bond acceptors (Lipinski definition) is 4. The fourth-order valence-corrected chi connectivity index (χ4v) is 4.14. The lowest BCUT2D eigenvalue weighted by Crippen LogP contribution is -2.32. The second-order valence-corrected chi connectivity index (χ2v) is 9.90. The van der Waals surface area contributed by atoms with Crippen molar-refractivity contribution in [2.75, 3.05) is 5.75 Å². The van der Waals surface area contributed by atoms with Crippen molar-refractivity contribution < 1.29 is 18.0 Å². The molecule has 2 amide bonds. The molecule has 2 N–H and O–H groups in total. The lowest BCUT2D eigenvalue weighted by atomic mass is 10.1. The zero-order chi connectivity index (χ0) is 21.4. The number of nitrogens with one attached hydrogen (secondary N) is 2. The molecule has 0 aromatic heterocycles. The molecule has 8 heteroatoms. The van der Waals surface area contributed by atoms with E-state index in [4.69, 9.17) is 0 Å². The molecule has 0 spiro atoms. The molecule has 0 heterocycles. The van der Waals surface area contributed by atoms with Crippen LogP contribution in [0.25, 0.3) is 0 Å². The van der Waals surface area contributed by atoms with E-state index in [1.165, 1.54) is 0 Å². The van der Waals surface area contributed by atoms with Crippen LogP contribution in [0, 0.1) is 0 Å². The normalized spacial score (nSPS) is 12.2. The minimum Gasteiger partial charge on any atom is -0.351 e. The van der Waals surface area contributed by atoms with Crippen LogP contribution in [0.4, 0.5) is 0 Å². The third kappa shape index (κ3) is 7.98. The van der Waals surface area contributed by atoms with E-state index >= 15 is 0 Å². The van der Waals surface area contributed by atoms with E-state index in [1.54, 1.807) is 48.5 Å². The van der Waals surface area contributed by atoms with Gasteiger partial charge in [-0.15, -0.1) is 0 Å². The first-order valence-electron chi connectivity index (χ1n) is 9.30. The van der Waals surface area contributed by atoms with Crippen molar-refractivity contribution in [2.24, 2.45) is 0 Å².